The van der Waals surface area contributed by atoms with Gasteiger partial charge in [-0.1, -0.05) is 6.92 Å². The molecule has 0 aromatic heterocycles. The molecule has 1 aliphatic heterocycles. The number of carbonyl (C=O) groups excluding carboxylic acids is 1. The molecule has 2 atom stereocenters. The first kappa shape index (κ1) is 4.18. The summed E-state index contributed by atoms with van der Waals surface area (Å²) in [5.74, 6) is 0.660. The summed E-state index contributed by atoms with van der Waals surface area (Å²) in [5, 5.41) is 5.58. The van der Waals surface area contributed by atoms with Gasteiger partial charge in [-0.3, -0.25) is 0 Å². The second kappa shape index (κ2) is 0.989. The first-order valence-electron chi connectivity index (χ1n) is 2.86. The van der Waals surface area contributed by atoms with E-state index in [0.29, 0.717) is 18.0 Å². The number of fused-ring (bicyclic) bond motifs is 1. The van der Waals surface area contributed by atoms with Crippen molar-refractivity contribution in [2.75, 3.05) is 0 Å². The first-order chi connectivity index (χ1) is 3.79. The van der Waals surface area contributed by atoms with Gasteiger partial charge in [0.2, 0.25) is 0 Å². The number of hydrogen-bond donors (Lipinski definition) is 2. The average molecular weight is 112 g/mol. The van der Waals surface area contributed by atoms with Crippen molar-refractivity contribution >= 4 is 6.03 Å². The van der Waals surface area contributed by atoms with E-state index in [1.54, 1.807) is 0 Å². The molecule has 0 spiro atoms. The molecule has 0 radical (unpaired) electrons. The standard InChI is InChI=1S/C5H8N2O/c1-2-3-4(2)7-5(8)6-3/h2-4H,1H3,(H2,6,7,8). The monoisotopic (exact) mass is 112 g/mol. The van der Waals surface area contributed by atoms with E-state index in [1.165, 1.54) is 0 Å². The second-order valence-corrected chi connectivity index (χ2v) is 2.53. The van der Waals surface area contributed by atoms with E-state index in [9.17, 15) is 4.79 Å². The van der Waals surface area contributed by atoms with Gasteiger partial charge in [0, 0.05) is 5.92 Å². The zero-order valence-corrected chi connectivity index (χ0v) is 4.64. The number of carbonyl (C=O) groups is 1. The van der Waals surface area contributed by atoms with Crippen LogP contribution in [-0.4, -0.2) is 18.1 Å². The molecule has 0 aromatic rings. The summed E-state index contributed by atoms with van der Waals surface area (Å²) in [5.41, 5.74) is 0. The lowest BCUT2D eigenvalue weighted by Crippen LogP contribution is -2.29. The molecule has 2 aliphatic rings. The molecule has 1 saturated carbocycles. The molecular formula is C5H8N2O. The number of rotatable bonds is 0. The van der Waals surface area contributed by atoms with Crippen molar-refractivity contribution in [3.63, 3.8) is 0 Å². The topological polar surface area (TPSA) is 41.1 Å². The molecule has 3 heteroatoms. The molecule has 2 N–H and O–H groups in total. The molecule has 44 valence electrons. The summed E-state index contributed by atoms with van der Waals surface area (Å²) in [6.45, 7) is 2.13. The third-order valence-electron chi connectivity index (χ3n) is 1.97. The fraction of sp³-hybridized carbons (Fsp3) is 0.800. The molecular weight excluding hydrogens is 104 g/mol. The summed E-state index contributed by atoms with van der Waals surface area (Å²) in [6.07, 6.45) is 0. The highest BCUT2D eigenvalue weighted by molar-refractivity contribution is 5.79. The number of nitrogens with one attached hydrogen (secondary N) is 2. The molecule has 2 fully saturated rings. The smallest absolute Gasteiger partial charge is 0.315 e. The maximum Gasteiger partial charge on any atom is 0.315 e. The predicted octanol–water partition coefficient (Wildman–Crippen LogP) is -0.314. The molecule has 0 aromatic carbocycles. The molecule has 2 rings (SSSR count). The SMILES string of the molecule is CC1C2NC(=O)NC12. The lowest BCUT2D eigenvalue weighted by Gasteiger charge is -1.96. The summed E-state index contributed by atoms with van der Waals surface area (Å²) in [7, 11) is 0. The van der Waals surface area contributed by atoms with E-state index in [4.69, 9.17) is 0 Å². The van der Waals surface area contributed by atoms with Crippen LogP contribution in [0.5, 0.6) is 0 Å². The van der Waals surface area contributed by atoms with Crippen LogP contribution in [0.15, 0.2) is 0 Å². The van der Waals surface area contributed by atoms with Gasteiger partial charge in [-0.15, -0.1) is 0 Å². The minimum Gasteiger partial charge on any atom is -0.333 e. The van der Waals surface area contributed by atoms with Gasteiger partial charge in [0.15, 0.2) is 0 Å². The van der Waals surface area contributed by atoms with Crippen molar-refractivity contribution in [1.82, 2.24) is 10.6 Å². The van der Waals surface area contributed by atoms with Crippen molar-refractivity contribution in [2.45, 2.75) is 19.0 Å². The maximum absolute atomic E-state index is 10.4. The summed E-state index contributed by atoms with van der Waals surface area (Å²) >= 11 is 0. The normalized spacial score (nSPS) is 49.6. The van der Waals surface area contributed by atoms with Crippen molar-refractivity contribution in [1.29, 1.82) is 0 Å². The highest BCUT2D eigenvalue weighted by atomic mass is 16.2. The minimum absolute atomic E-state index is 0.00176. The zero-order valence-electron chi connectivity index (χ0n) is 4.64. The van der Waals surface area contributed by atoms with E-state index >= 15 is 0 Å². The van der Waals surface area contributed by atoms with E-state index in [1.807, 2.05) is 0 Å². The van der Waals surface area contributed by atoms with E-state index in [0.717, 1.165) is 0 Å². The van der Waals surface area contributed by atoms with Gasteiger partial charge in [-0.05, 0) is 0 Å². The van der Waals surface area contributed by atoms with Crippen LogP contribution in [-0.2, 0) is 0 Å². The Morgan fingerprint density at radius 1 is 1.38 bits per heavy atom. The molecule has 8 heavy (non-hydrogen) atoms. The van der Waals surface area contributed by atoms with Crippen molar-refractivity contribution in [3.05, 3.63) is 0 Å². The van der Waals surface area contributed by atoms with Gasteiger partial charge in [0.1, 0.15) is 0 Å². The molecule has 2 amide bonds. The van der Waals surface area contributed by atoms with Crippen LogP contribution in [0.3, 0.4) is 0 Å². The molecule has 2 unspecified atom stereocenters. The second-order valence-electron chi connectivity index (χ2n) is 2.53. The van der Waals surface area contributed by atoms with Crippen molar-refractivity contribution < 1.29 is 4.79 Å². The van der Waals surface area contributed by atoms with Gasteiger partial charge in [0.05, 0.1) is 12.1 Å². The van der Waals surface area contributed by atoms with Crippen molar-refractivity contribution in [2.24, 2.45) is 5.92 Å². The Kier molecular flexibility index (Phi) is 0.517. The fourth-order valence-electron chi connectivity index (χ4n) is 1.25. The van der Waals surface area contributed by atoms with Crippen LogP contribution in [0, 0.1) is 5.92 Å². The quantitative estimate of drug-likeness (QED) is 0.443. The van der Waals surface area contributed by atoms with E-state index < -0.39 is 0 Å². The Morgan fingerprint density at radius 2 is 1.88 bits per heavy atom. The number of hydrogen-bond acceptors (Lipinski definition) is 1. The zero-order chi connectivity index (χ0) is 5.72. The molecule has 1 heterocycles. The van der Waals surface area contributed by atoms with Crippen LogP contribution < -0.4 is 10.6 Å². The van der Waals surface area contributed by atoms with Gasteiger partial charge < -0.3 is 10.6 Å². The van der Waals surface area contributed by atoms with E-state index in [2.05, 4.69) is 17.6 Å². The Bertz CT molecular complexity index is 131. The predicted molar refractivity (Wildman–Crippen MR) is 28.4 cm³/mol. The minimum atomic E-state index is -0.00176. The highest BCUT2D eigenvalue weighted by Gasteiger charge is 2.53. The first-order valence-corrected chi connectivity index (χ1v) is 2.86. The lowest BCUT2D eigenvalue weighted by molar-refractivity contribution is 0.244. The summed E-state index contributed by atoms with van der Waals surface area (Å²) < 4.78 is 0. The van der Waals surface area contributed by atoms with E-state index in [-0.39, 0.29) is 6.03 Å². The van der Waals surface area contributed by atoms with Crippen LogP contribution in [0.1, 0.15) is 6.92 Å². The van der Waals surface area contributed by atoms with Crippen LogP contribution in [0.25, 0.3) is 0 Å². The highest BCUT2D eigenvalue weighted by Crippen LogP contribution is 2.33. The largest absolute Gasteiger partial charge is 0.333 e. The molecule has 1 aliphatic carbocycles. The summed E-state index contributed by atoms with van der Waals surface area (Å²) in [6, 6.07) is 0.892. The van der Waals surface area contributed by atoms with Crippen LogP contribution >= 0.6 is 0 Å². The molecule has 0 bridgehead atoms. The van der Waals surface area contributed by atoms with Gasteiger partial charge >= 0.3 is 6.03 Å². The average Bonchev–Trinajstić information content (AvgIpc) is 2.29. The fourth-order valence-corrected chi connectivity index (χ4v) is 1.25. The number of urea groups is 1. The van der Waals surface area contributed by atoms with Gasteiger partial charge in [0.25, 0.3) is 0 Å². The maximum atomic E-state index is 10.4. The van der Waals surface area contributed by atoms with Crippen LogP contribution in [0.4, 0.5) is 4.79 Å². The Labute approximate surface area is 47.4 Å². The molecule has 3 nitrogen and oxygen atoms in total. The molecule has 1 saturated heterocycles. The number of amides is 2. The summed E-state index contributed by atoms with van der Waals surface area (Å²) in [4.78, 5) is 10.4. The van der Waals surface area contributed by atoms with Crippen molar-refractivity contribution in [3.8, 4) is 0 Å². The Morgan fingerprint density at radius 3 is 2.25 bits per heavy atom. The van der Waals surface area contributed by atoms with Gasteiger partial charge in [-0.2, -0.15) is 0 Å². The third-order valence-corrected chi connectivity index (χ3v) is 1.97. The Balaban J connectivity index is 2.09. The van der Waals surface area contributed by atoms with Crippen LogP contribution in [0.2, 0.25) is 0 Å². The third kappa shape index (κ3) is 0.322. The lowest BCUT2D eigenvalue weighted by atomic mass is 10.4. The van der Waals surface area contributed by atoms with Gasteiger partial charge in [-0.25, -0.2) is 4.79 Å². The Hall–Kier alpha value is -0.730.